The molecule has 4 N–H and O–H groups in total. The Morgan fingerprint density at radius 3 is 2.63 bits per heavy atom. The monoisotopic (exact) mass is 283 g/mol. The van der Waals surface area contributed by atoms with E-state index in [0.29, 0.717) is 0 Å². The maximum absolute atomic E-state index is 11.9. The molecule has 0 spiro atoms. The maximum atomic E-state index is 11.9. The average Bonchev–Trinajstić information content (AvgIpc) is 2.85. The highest BCUT2D eigenvalue weighted by Crippen LogP contribution is 2.26. The molecule has 0 aliphatic heterocycles. The summed E-state index contributed by atoms with van der Waals surface area (Å²) in [5.41, 5.74) is -0.380. The highest BCUT2D eigenvalue weighted by atomic mass is 32.2. The number of aromatic nitrogens is 2. The normalized spacial score (nSPS) is 11.2. The van der Waals surface area contributed by atoms with Crippen molar-refractivity contribution in [2.24, 2.45) is 0 Å². The summed E-state index contributed by atoms with van der Waals surface area (Å²) in [4.78, 5) is 10.8. The number of phenols is 1. The number of carboxylic acids is 1. The molecule has 0 bridgehead atoms. The van der Waals surface area contributed by atoms with Crippen LogP contribution < -0.4 is 4.72 Å². The van der Waals surface area contributed by atoms with Gasteiger partial charge in [-0.1, -0.05) is 0 Å². The summed E-state index contributed by atoms with van der Waals surface area (Å²) in [6.07, 6.45) is 1.25. The predicted octanol–water partition coefficient (Wildman–Crippen LogP) is 0.614. The van der Waals surface area contributed by atoms with Crippen molar-refractivity contribution in [3.8, 4) is 5.75 Å². The Hall–Kier alpha value is -2.55. The van der Waals surface area contributed by atoms with Crippen LogP contribution in [-0.2, 0) is 10.0 Å². The summed E-state index contributed by atoms with van der Waals surface area (Å²) in [5.74, 6) is -1.62. The molecule has 0 saturated heterocycles. The number of sulfonamides is 1. The lowest BCUT2D eigenvalue weighted by Gasteiger charge is -2.08. The lowest BCUT2D eigenvalue weighted by Crippen LogP contribution is -2.14. The number of rotatable bonds is 4. The van der Waals surface area contributed by atoms with Gasteiger partial charge in [-0.05, 0) is 24.3 Å². The molecular weight excluding hydrogens is 274 g/mol. The number of nitrogens with zero attached hydrogens (tertiary/aromatic N) is 1. The molecule has 1 aromatic heterocycles. The Balaban J connectivity index is 2.39. The number of benzene rings is 1. The van der Waals surface area contributed by atoms with Crippen LogP contribution in [0.15, 0.2) is 35.5 Å². The van der Waals surface area contributed by atoms with Gasteiger partial charge >= 0.3 is 5.97 Å². The molecule has 0 aliphatic carbocycles. The first-order chi connectivity index (χ1) is 8.90. The number of hydrogen-bond donors (Lipinski definition) is 4. The molecule has 0 fully saturated rings. The zero-order chi connectivity index (χ0) is 14.0. The van der Waals surface area contributed by atoms with E-state index in [-0.39, 0.29) is 22.0 Å². The van der Waals surface area contributed by atoms with E-state index in [4.69, 9.17) is 5.11 Å². The smallest absolute Gasteiger partial charge is 0.335 e. The molecule has 8 nitrogen and oxygen atoms in total. The average molecular weight is 283 g/mol. The van der Waals surface area contributed by atoms with Crippen molar-refractivity contribution < 1.29 is 23.4 Å². The number of carboxylic acid groups (broad SMARTS) is 1. The van der Waals surface area contributed by atoms with Gasteiger partial charge in [-0.25, -0.2) is 4.79 Å². The Bertz CT molecular complexity index is 709. The fourth-order valence-electron chi connectivity index (χ4n) is 1.34. The van der Waals surface area contributed by atoms with Gasteiger partial charge in [0, 0.05) is 0 Å². The second-order valence-corrected chi connectivity index (χ2v) is 5.21. The molecule has 0 amide bonds. The van der Waals surface area contributed by atoms with Crippen molar-refractivity contribution in [1.29, 1.82) is 0 Å². The van der Waals surface area contributed by atoms with Crippen LogP contribution in [-0.4, -0.2) is 34.8 Å². The lowest BCUT2D eigenvalue weighted by atomic mass is 10.2. The highest BCUT2D eigenvalue weighted by Gasteiger charge is 2.18. The third kappa shape index (κ3) is 2.65. The number of aromatic hydroxyl groups is 1. The maximum Gasteiger partial charge on any atom is 0.335 e. The quantitative estimate of drug-likeness (QED) is 0.608. The number of nitrogens with one attached hydrogen (secondary N) is 2. The minimum Gasteiger partial charge on any atom is -0.506 e. The predicted molar refractivity (Wildman–Crippen MR) is 64.5 cm³/mol. The molecule has 1 heterocycles. The first-order valence-corrected chi connectivity index (χ1v) is 6.47. The molecule has 1 aromatic carbocycles. The van der Waals surface area contributed by atoms with E-state index < -0.39 is 16.0 Å². The number of carbonyl (C=O) groups is 1. The van der Waals surface area contributed by atoms with Gasteiger partial charge in [-0.2, -0.15) is 13.5 Å². The molecule has 0 saturated carbocycles. The van der Waals surface area contributed by atoms with Crippen LogP contribution in [0.3, 0.4) is 0 Å². The molecule has 0 radical (unpaired) electrons. The van der Waals surface area contributed by atoms with E-state index in [1.54, 1.807) is 0 Å². The van der Waals surface area contributed by atoms with E-state index in [9.17, 15) is 18.3 Å². The number of aromatic amines is 1. The second-order valence-electron chi connectivity index (χ2n) is 3.56. The first-order valence-electron chi connectivity index (χ1n) is 4.98. The number of H-pyrrole nitrogens is 1. The fraction of sp³-hybridized carbons (Fsp3) is 0. The zero-order valence-electron chi connectivity index (χ0n) is 9.36. The van der Waals surface area contributed by atoms with Crippen molar-refractivity contribution in [2.75, 3.05) is 4.72 Å². The molecule has 9 heteroatoms. The fourth-order valence-corrected chi connectivity index (χ4v) is 2.32. The van der Waals surface area contributed by atoms with Crippen LogP contribution >= 0.6 is 0 Å². The second kappa shape index (κ2) is 4.61. The SMILES string of the molecule is O=C(O)c1ccc(O)c(NS(=O)(=O)c2ccn[nH]2)c1. The zero-order valence-corrected chi connectivity index (χ0v) is 10.2. The molecular formula is C10H9N3O5S. The van der Waals surface area contributed by atoms with Crippen molar-refractivity contribution in [1.82, 2.24) is 10.2 Å². The Morgan fingerprint density at radius 1 is 1.32 bits per heavy atom. The molecule has 19 heavy (non-hydrogen) atoms. The summed E-state index contributed by atoms with van der Waals surface area (Å²) >= 11 is 0. The van der Waals surface area contributed by atoms with Gasteiger partial charge in [0.15, 0.2) is 5.03 Å². The number of aromatic carboxylic acids is 1. The molecule has 2 rings (SSSR count). The van der Waals surface area contributed by atoms with Crippen molar-refractivity contribution >= 4 is 21.7 Å². The molecule has 100 valence electrons. The van der Waals surface area contributed by atoms with E-state index >= 15 is 0 Å². The largest absolute Gasteiger partial charge is 0.506 e. The van der Waals surface area contributed by atoms with Crippen LogP contribution in [0.5, 0.6) is 5.75 Å². The Morgan fingerprint density at radius 2 is 2.05 bits per heavy atom. The summed E-state index contributed by atoms with van der Waals surface area (Å²) in [7, 11) is -3.96. The lowest BCUT2D eigenvalue weighted by molar-refractivity contribution is 0.0697. The van der Waals surface area contributed by atoms with Crippen LogP contribution in [0.2, 0.25) is 0 Å². The van der Waals surface area contributed by atoms with E-state index in [1.807, 2.05) is 0 Å². The topological polar surface area (TPSA) is 132 Å². The molecule has 2 aromatic rings. The van der Waals surface area contributed by atoms with Crippen molar-refractivity contribution in [3.63, 3.8) is 0 Å². The van der Waals surface area contributed by atoms with E-state index in [2.05, 4.69) is 14.9 Å². The van der Waals surface area contributed by atoms with Gasteiger partial charge in [0.1, 0.15) is 5.75 Å². The minimum atomic E-state index is -3.96. The molecule has 0 atom stereocenters. The van der Waals surface area contributed by atoms with Crippen LogP contribution in [0.1, 0.15) is 10.4 Å². The number of anilines is 1. The summed E-state index contributed by atoms with van der Waals surface area (Å²) in [6, 6.07) is 4.49. The summed E-state index contributed by atoms with van der Waals surface area (Å²) in [6.45, 7) is 0. The molecule has 0 unspecified atom stereocenters. The van der Waals surface area contributed by atoms with E-state index in [1.165, 1.54) is 12.3 Å². The summed E-state index contributed by atoms with van der Waals surface area (Å²) < 4.78 is 25.8. The Kier molecular flexibility index (Phi) is 3.13. The Labute approximate surface area is 107 Å². The standard InChI is InChI=1S/C10H9N3O5S/c14-8-2-1-6(10(15)16)5-7(8)13-19(17,18)9-3-4-11-12-9/h1-5,13-14H,(H,11,12)(H,15,16). The highest BCUT2D eigenvalue weighted by molar-refractivity contribution is 7.92. The minimum absolute atomic E-state index is 0.153. The van der Waals surface area contributed by atoms with Gasteiger partial charge in [-0.3, -0.25) is 9.82 Å². The van der Waals surface area contributed by atoms with Gasteiger partial charge < -0.3 is 10.2 Å². The van der Waals surface area contributed by atoms with Gasteiger partial charge in [0.2, 0.25) is 0 Å². The van der Waals surface area contributed by atoms with Crippen LogP contribution in [0.25, 0.3) is 0 Å². The van der Waals surface area contributed by atoms with Crippen LogP contribution in [0.4, 0.5) is 5.69 Å². The molecule has 0 aliphatic rings. The van der Waals surface area contributed by atoms with Crippen LogP contribution in [0, 0.1) is 0 Å². The van der Waals surface area contributed by atoms with Crippen molar-refractivity contribution in [3.05, 3.63) is 36.0 Å². The third-order valence-corrected chi connectivity index (χ3v) is 3.55. The van der Waals surface area contributed by atoms with Gasteiger partial charge in [-0.15, -0.1) is 0 Å². The van der Waals surface area contributed by atoms with Gasteiger partial charge in [0.05, 0.1) is 17.4 Å². The number of hydrogen-bond acceptors (Lipinski definition) is 5. The van der Waals surface area contributed by atoms with E-state index in [0.717, 1.165) is 18.2 Å². The number of phenolic OH excluding ortho intramolecular Hbond substituents is 1. The summed E-state index contributed by atoms with van der Waals surface area (Å²) in [5, 5.41) is 23.9. The van der Waals surface area contributed by atoms with Gasteiger partial charge in [0.25, 0.3) is 10.0 Å². The first kappa shape index (κ1) is 12.9. The third-order valence-electron chi connectivity index (χ3n) is 2.25. The van der Waals surface area contributed by atoms with Crippen molar-refractivity contribution in [2.45, 2.75) is 5.03 Å².